The molecule has 1 aromatic heterocycles. The molecule has 7 nitrogen and oxygen atoms in total. The number of carboxylic acids is 1. The van der Waals surface area contributed by atoms with Crippen LogP contribution in [-0.2, 0) is 4.74 Å². The molecule has 0 amide bonds. The van der Waals surface area contributed by atoms with Gasteiger partial charge in [0.1, 0.15) is 0 Å². The smallest absolute Gasteiger partial charge is 0.354 e. The Morgan fingerprint density at radius 2 is 2.15 bits per heavy atom. The van der Waals surface area contributed by atoms with Crippen molar-refractivity contribution in [1.82, 2.24) is 14.9 Å². The molecule has 1 N–H and O–H groups in total. The Hall–Kier alpha value is -1.73. The monoisotopic (exact) mass is 278 g/mol. The Morgan fingerprint density at radius 1 is 1.35 bits per heavy atom. The van der Waals surface area contributed by atoms with Crippen molar-refractivity contribution in [3.05, 3.63) is 18.0 Å². The number of hydrogen-bond donors (Lipinski definition) is 1. The quantitative estimate of drug-likeness (QED) is 0.839. The Kier molecular flexibility index (Phi) is 3.79. The van der Waals surface area contributed by atoms with Gasteiger partial charge in [-0.05, 0) is 12.5 Å². The summed E-state index contributed by atoms with van der Waals surface area (Å²) in [6, 6.07) is 1.90. The maximum atomic E-state index is 10.9. The lowest BCUT2D eigenvalue weighted by Crippen LogP contribution is -2.44. The van der Waals surface area contributed by atoms with Gasteiger partial charge in [-0.1, -0.05) is 0 Å². The molecule has 108 valence electrons. The maximum Gasteiger partial charge on any atom is 0.354 e. The average Bonchev–Trinajstić information content (AvgIpc) is 2.98. The molecule has 7 heteroatoms. The fourth-order valence-corrected chi connectivity index (χ4v) is 2.78. The summed E-state index contributed by atoms with van der Waals surface area (Å²) in [6.45, 7) is 5.24. The molecule has 1 atom stereocenters. The van der Waals surface area contributed by atoms with Crippen LogP contribution in [0.5, 0.6) is 0 Å². The van der Waals surface area contributed by atoms with Crippen molar-refractivity contribution in [3.63, 3.8) is 0 Å². The van der Waals surface area contributed by atoms with Gasteiger partial charge in [-0.3, -0.25) is 4.90 Å². The highest BCUT2D eigenvalue weighted by Crippen LogP contribution is 2.20. The molecule has 20 heavy (non-hydrogen) atoms. The van der Waals surface area contributed by atoms with Gasteiger partial charge in [-0.25, -0.2) is 14.8 Å². The van der Waals surface area contributed by atoms with E-state index in [0.29, 0.717) is 12.0 Å². The van der Waals surface area contributed by atoms with Crippen LogP contribution in [0.1, 0.15) is 16.9 Å². The molecule has 2 saturated heterocycles. The second-order valence-electron chi connectivity index (χ2n) is 5.08. The number of carbonyl (C=O) groups is 1. The van der Waals surface area contributed by atoms with Crippen molar-refractivity contribution >= 4 is 11.9 Å². The molecule has 3 heterocycles. The first-order valence-electron chi connectivity index (χ1n) is 6.87. The molecule has 2 fully saturated rings. The fraction of sp³-hybridized carbons (Fsp3) is 0.615. The number of carboxylic acid groups (broad SMARTS) is 1. The molecule has 1 unspecified atom stereocenters. The van der Waals surface area contributed by atoms with Crippen LogP contribution in [0.3, 0.4) is 0 Å². The maximum absolute atomic E-state index is 10.9. The van der Waals surface area contributed by atoms with Crippen LogP contribution in [0, 0.1) is 0 Å². The van der Waals surface area contributed by atoms with Crippen molar-refractivity contribution in [2.75, 3.05) is 44.3 Å². The van der Waals surface area contributed by atoms with Gasteiger partial charge in [0.2, 0.25) is 5.95 Å². The van der Waals surface area contributed by atoms with E-state index >= 15 is 0 Å². The van der Waals surface area contributed by atoms with E-state index < -0.39 is 5.97 Å². The second kappa shape index (κ2) is 5.72. The van der Waals surface area contributed by atoms with E-state index in [1.165, 1.54) is 12.3 Å². The molecule has 2 aliphatic rings. The number of aromatic carboxylic acids is 1. The first-order valence-corrected chi connectivity index (χ1v) is 6.87. The zero-order valence-corrected chi connectivity index (χ0v) is 11.2. The molecular weight excluding hydrogens is 260 g/mol. The van der Waals surface area contributed by atoms with Crippen molar-refractivity contribution in [3.8, 4) is 0 Å². The predicted octanol–water partition coefficient (Wildman–Crippen LogP) is 0.0857. The summed E-state index contributed by atoms with van der Waals surface area (Å²) in [5, 5.41) is 8.98. The topological polar surface area (TPSA) is 78.8 Å². The van der Waals surface area contributed by atoms with Crippen LogP contribution < -0.4 is 4.90 Å². The largest absolute Gasteiger partial charge is 0.477 e. The van der Waals surface area contributed by atoms with Gasteiger partial charge in [0, 0.05) is 38.4 Å². The molecule has 0 saturated carbocycles. The minimum atomic E-state index is -1.02. The molecule has 2 aliphatic heterocycles. The van der Waals surface area contributed by atoms with Crippen LogP contribution in [0.15, 0.2) is 12.3 Å². The van der Waals surface area contributed by atoms with E-state index in [2.05, 4.69) is 19.8 Å². The standard InChI is InChI=1S/C13H18N4O3/c18-12(19)11-1-3-14-13(15-11)17-4-2-10(9-17)16-5-7-20-8-6-16/h1,3,10H,2,4-9H2,(H,18,19). The zero-order chi connectivity index (χ0) is 13.9. The van der Waals surface area contributed by atoms with Crippen molar-refractivity contribution < 1.29 is 14.6 Å². The van der Waals surface area contributed by atoms with E-state index in [0.717, 1.165) is 45.8 Å². The molecular formula is C13H18N4O3. The van der Waals surface area contributed by atoms with Gasteiger partial charge in [0.05, 0.1) is 13.2 Å². The number of nitrogens with zero attached hydrogens (tertiary/aromatic N) is 4. The van der Waals surface area contributed by atoms with Gasteiger partial charge in [0.15, 0.2) is 5.69 Å². The molecule has 0 radical (unpaired) electrons. The lowest BCUT2D eigenvalue weighted by atomic mass is 10.2. The molecule has 0 aromatic carbocycles. The molecule has 0 bridgehead atoms. The summed E-state index contributed by atoms with van der Waals surface area (Å²) in [7, 11) is 0. The van der Waals surface area contributed by atoms with E-state index in [4.69, 9.17) is 9.84 Å². The summed E-state index contributed by atoms with van der Waals surface area (Å²) >= 11 is 0. The third-order valence-corrected chi connectivity index (χ3v) is 3.87. The van der Waals surface area contributed by atoms with E-state index in [-0.39, 0.29) is 5.69 Å². The number of anilines is 1. The summed E-state index contributed by atoms with van der Waals surface area (Å²) in [4.78, 5) is 23.7. The lowest BCUT2D eigenvalue weighted by Gasteiger charge is -2.32. The van der Waals surface area contributed by atoms with Gasteiger partial charge >= 0.3 is 5.97 Å². The van der Waals surface area contributed by atoms with Gasteiger partial charge in [-0.2, -0.15) is 0 Å². The minimum Gasteiger partial charge on any atom is -0.477 e. The highest BCUT2D eigenvalue weighted by molar-refractivity contribution is 5.85. The number of aromatic nitrogens is 2. The van der Waals surface area contributed by atoms with Crippen LogP contribution in [0.4, 0.5) is 5.95 Å². The average molecular weight is 278 g/mol. The number of ether oxygens (including phenoxy) is 1. The number of rotatable bonds is 3. The highest BCUT2D eigenvalue weighted by Gasteiger charge is 2.30. The lowest BCUT2D eigenvalue weighted by molar-refractivity contribution is 0.0209. The minimum absolute atomic E-state index is 0.0461. The number of morpholine rings is 1. The van der Waals surface area contributed by atoms with Crippen molar-refractivity contribution in [1.29, 1.82) is 0 Å². The number of hydrogen-bond acceptors (Lipinski definition) is 6. The first-order chi connectivity index (χ1) is 9.74. The van der Waals surface area contributed by atoms with Crippen LogP contribution >= 0.6 is 0 Å². The van der Waals surface area contributed by atoms with E-state index in [9.17, 15) is 4.79 Å². The van der Waals surface area contributed by atoms with Gasteiger partial charge < -0.3 is 14.7 Å². The predicted molar refractivity (Wildman–Crippen MR) is 72.0 cm³/mol. The fourth-order valence-electron chi connectivity index (χ4n) is 2.78. The summed E-state index contributed by atoms with van der Waals surface area (Å²) in [6.07, 6.45) is 2.56. The van der Waals surface area contributed by atoms with Crippen molar-refractivity contribution in [2.24, 2.45) is 0 Å². The molecule has 0 spiro atoms. The Labute approximate surface area is 117 Å². The van der Waals surface area contributed by atoms with Crippen LogP contribution in [0.25, 0.3) is 0 Å². The summed E-state index contributed by atoms with van der Waals surface area (Å²) in [5.41, 5.74) is 0.0461. The molecule has 1 aromatic rings. The Balaban J connectivity index is 1.67. The highest BCUT2D eigenvalue weighted by atomic mass is 16.5. The van der Waals surface area contributed by atoms with Crippen LogP contribution in [0.2, 0.25) is 0 Å². The summed E-state index contributed by atoms with van der Waals surface area (Å²) in [5.74, 6) is -0.502. The SMILES string of the molecule is O=C(O)c1ccnc(N2CCC(N3CCOCC3)C2)n1. The molecule has 0 aliphatic carbocycles. The Bertz CT molecular complexity index is 490. The van der Waals surface area contributed by atoms with E-state index in [1.807, 2.05) is 0 Å². The van der Waals surface area contributed by atoms with E-state index in [1.54, 1.807) is 0 Å². The first kappa shape index (κ1) is 13.3. The van der Waals surface area contributed by atoms with Gasteiger partial charge in [-0.15, -0.1) is 0 Å². The van der Waals surface area contributed by atoms with Crippen LogP contribution in [-0.4, -0.2) is 71.4 Å². The van der Waals surface area contributed by atoms with Crippen molar-refractivity contribution in [2.45, 2.75) is 12.5 Å². The zero-order valence-electron chi connectivity index (χ0n) is 11.2. The normalized spacial score (nSPS) is 24.0. The third kappa shape index (κ3) is 2.73. The Morgan fingerprint density at radius 3 is 2.90 bits per heavy atom. The van der Waals surface area contributed by atoms with Gasteiger partial charge in [0.25, 0.3) is 0 Å². The third-order valence-electron chi connectivity index (χ3n) is 3.87. The molecule has 3 rings (SSSR count). The summed E-state index contributed by atoms with van der Waals surface area (Å²) < 4.78 is 5.37. The second-order valence-corrected chi connectivity index (χ2v) is 5.08.